The van der Waals surface area contributed by atoms with Crippen molar-refractivity contribution in [3.05, 3.63) is 87.6 Å². The van der Waals surface area contributed by atoms with Crippen molar-refractivity contribution in [2.75, 3.05) is 0 Å². The fraction of sp³-hybridized carbons (Fsp3) is 0.105. The number of carbonyl (C=O) groups excluding carboxylic acids is 1. The Labute approximate surface area is 185 Å². The zero-order valence-electron chi connectivity index (χ0n) is 14.6. The van der Waals surface area contributed by atoms with Crippen molar-refractivity contribution in [2.24, 2.45) is 0 Å². The largest absolute Gasteiger partial charge is 1.00 e. The van der Waals surface area contributed by atoms with Gasteiger partial charge in [0, 0.05) is 28.6 Å². The Morgan fingerprint density at radius 3 is 2.39 bits per heavy atom. The third kappa shape index (κ3) is 5.32. The third-order valence-electron chi connectivity index (χ3n) is 3.72. The first-order chi connectivity index (χ1) is 12.8. The summed E-state index contributed by atoms with van der Waals surface area (Å²) in [7, 11) is 0. The van der Waals surface area contributed by atoms with Gasteiger partial charge in [0.15, 0.2) is 11.6 Å². The summed E-state index contributed by atoms with van der Waals surface area (Å²) in [6, 6.07) is 8.52. The average molecular weight is 419 g/mol. The number of aromatic carboxylic acids is 1. The van der Waals surface area contributed by atoms with Crippen molar-refractivity contribution in [3.63, 3.8) is 0 Å². The van der Waals surface area contributed by atoms with Crippen molar-refractivity contribution in [2.45, 2.75) is 13.0 Å². The van der Waals surface area contributed by atoms with Gasteiger partial charge in [0.25, 0.3) is 0 Å². The van der Waals surface area contributed by atoms with Gasteiger partial charge < -0.3 is 19.1 Å². The van der Waals surface area contributed by atoms with E-state index in [0.29, 0.717) is 28.2 Å². The monoisotopic (exact) mass is 418 g/mol. The van der Waals surface area contributed by atoms with E-state index in [1.54, 1.807) is 6.07 Å². The van der Waals surface area contributed by atoms with Crippen molar-refractivity contribution < 1.29 is 61.8 Å². The van der Waals surface area contributed by atoms with Crippen LogP contribution in [0.2, 0.25) is 5.02 Å². The standard InChI is InChI=1S/C19H12ClF3O4.Na/c20-12-1-3-17(26-9-11-7-15(22)16(23)8-14(11)21)10(5-12)6-13-2-4-18(27-13)19(24)25;/h1-5,7-8H,6,9H2,(H,24,25);/q;+1/p-1. The van der Waals surface area contributed by atoms with Gasteiger partial charge in [-0.1, -0.05) is 11.6 Å². The molecule has 0 aliphatic rings. The molecule has 0 bridgehead atoms. The van der Waals surface area contributed by atoms with E-state index < -0.39 is 23.4 Å². The van der Waals surface area contributed by atoms with Crippen LogP contribution in [0.5, 0.6) is 5.75 Å². The molecule has 0 fully saturated rings. The first-order valence-electron chi connectivity index (χ1n) is 7.68. The van der Waals surface area contributed by atoms with Gasteiger partial charge in [-0.15, -0.1) is 0 Å². The molecule has 4 nitrogen and oxygen atoms in total. The molecule has 1 heterocycles. The van der Waals surface area contributed by atoms with Gasteiger partial charge in [0.2, 0.25) is 0 Å². The van der Waals surface area contributed by atoms with Crippen molar-refractivity contribution in [1.29, 1.82) is 0 Å². The fourth-order valence-corrected chi connectivity index (χ4v) is 2.62. The molecule has 0 radical (unpaired) electrons. The van der Waals surface area contributed by atoms with Crippen LogP contribution in [0.15, 0.2) is 46.9 Å². The number of benzene rings is 2. The van der Waals surface area contributed by atoms with Crippen molar-refractivity contribution in [3.8, 4) is 5.75 Å². The summed E-state index contributed by atoms with van der Waals surface area (Å²) in [5.74, 6) is -4.55. The van der Waals surface area contributed by atoms with Crippen LogP contribution in [0.1, 0.15) is 27.4 Å². The molecular weight excluding hydrogens is 408 g/mol. The van der Waals surface area contributed by atoms with Gasteiger partial charge in [0.05, 0.1) is 0 Å². The van der Waals surface area contributed by atoms with Crippen LogP contribution < -0.4 is 39.4 Å². The number of hydrogen-bond acceptors (Lipinski definition) is 4. The summed E-state index contributed by atoms with van der Waals surface area (Å²) >= 11 is 5.98. The Morgan fingerprint density at radius 2 is 1.71 bits per heavy atom. The minimum Gasteiger partial charge on any atom is -0.542 e. The molecule has 0 N–H and O–H groups in total. The molecule has 0 amide bonds. The van der Waals surface area contributed by atoms with Gasteiger partial charge in [-0.2, -0.15) is 0 Å². The van der Waals surface area contributed by atoms with E-state index in [9.17, 15) is 23.1 Å². The molecule has 0 atom stereocenters. The number of carbonyl (C=O) groups is 1. The Morgan fingerprint density at radius 1 is 1.00 bits per heavy atom. The molecule has 0 aliphatic heterocycles. The average Bonchev–Trinajstić information content (AvgIpc) is 3.07. The molecule has 3 aromatic rings. The van der Waals surface area contributed by atoms with Gasteiger partial charge in [-0.05, 0) is 36.4 Å². The number of halogens is 4. The van der Waals surface area contributed by atoms with E-state index in [1.807, 2.05) is 0 Å². The number of ether oxygens (including phenoxy) is 1. The molecule has 3 rings (SSSR count). The number of carboxylic acids is 1. The van der Waals surface area contributed by atoms with Crippen LogP contribution in [-0.2, 0) is 13.0 Å². The summed E-state index contributed by atoms with van der Waals surface area (Å²) in [5, 5.41) is 11.2. The molecule has 1 aromatic heterocycles. The number of carboxylic acid groups (broad SMARTS) is 1. The summed E-state index contributed by atoms with van der Waals surface area (Å²) in [6.45, 7) is -0.347. The molecule has 0 aliphatic carbocycles. The van der Waals surface area contributed by atoms with Gasteiger partial charge in [0.1, 0.15) is 35.7 Å². The van der Waals surface area contributed by atoms with Crippen molar-refractivity contribution in [1.82, 2.24) is 0 Å². The quantitative estimate of drug-likeness (QED) is 0.440. The number of rotatable bonds is 6. The molecule has 140 valence electrons. The molecule has 0 saturated carbocycles. The zero-order chi connectivity index (χ0) is 19.6. The molecule has 0 spiro atoms. The van der Waals surface area contributed by atoms with Crippen LogP contribution in [0.4, 0.5) is 13.2 Å². The van der Waals surface area contributed by atoms with E-state index >= 15 is 0 Å². The Bertz CT molecular complexity index is 1010. The molecule has 0 saturated heterocycles. The summed E-state index contributed by atoms with van der Waals surface area (Å²) in [5.41, 5.74) is 0.372. The molecular formula is C19H11ClF3NaO4. The Kier molecular flexibility index (Phi) is 7.60. The minimum absolute atomic E-state index is 0. The first-order valence-corrected chi connectivity index (χ1v) is 8.06. The SMILES string of the molecule is O=C([O-])c1ccc(Cc2cc(Cl)ccc2OCc2cc(F)c(F)cc2F)o1.[Na+]. The second-order valence-electron chi connectivity index (χ2n) is 5.63. The van der Waals surface area contributed by atoms with Crippen molar-refractivity contribution >= 4 is 17.6 Å². The van der Waals surface area contributed by atoms with Gasteiger partial charge in [-0.3, -0.25) is 0 Å². The summed E-state index contributed by atoms with van der Waals surface area (Å²) in [6.07, 6.45) is 0.142. The molecule has 28 heavy (non-hydrogen) atoms. The second-order valence-corrected chi connectivity index (χ2v) is 6.07. The van der Waals surface area contributed by atoms with Crippen LogP contribution in [0, 0.1) is 17.5 Å². The number of hydrogen-bond donors (Lipinski definition) is 0. The maximum Gasteiger partial charge on any atom is 1.00 e. The van der Waals surface area contributed by atoms with E-state index in [4.69, 9.17) is 20.8 Å². The fourth-order valence-electron chi connectivity index (χ4n) is 2.43. The number of furan rings is 1. The van der Waals surface area contributed by atoms with Crippen LogP contribution in [0.25, 0.3) is 0 Å². The normalized spacial score (nSPS) is 10.4. The van der Waals surface area contributed by atoms with Crippen LogP contribution >= 0.6 is 11.6 Å². The predicted octanol–water partition coefficient (Wildman–Crippen LogP) is 0.888. The van der Waals surface area contributed by atoms with Gasteiger partial charge >= 0.3 is 29.6 Å². The predicted molar refractivity (Wildman–Crippen MR) is 87.9 cm³/mol. The maximum absolute atomic E-state index is 13.7. The molecule has 0 unspecified atom stereocenters. The Hall–Kier alpha value is -1.93. The second kappa shape index (κ2) is 9.52. The van der Waals surface area contributed by atoms with E-state index in [2.05, 4.69) is 0 Å². The van der Waals surface area contributed by atoms with E-state index in [0.717, 1.165) is 6.07 Å². The molecule has 2 aromatic carbocycles. The van der Waals surface area contributed by atoms with Crippen LogP contribution in [0.3, 0.4) is 0 Å². The third-order valence-corrected chi connectivity index (χ3v) is 3.96. The summed E-state index contributed by atoms with van der Waals surface area (Å²) < 4.78 is 50.7. The van der Waals surface area contributed by atoms with E-state index in [-0.39, 0.29) is 53.9 Å². The Balaban J connectivity index is 0.00000280. The minimum atomic E-state index is -1.45. The summed E-state index contributed by atoms with van der Waals surface area (Å²) in [4.78, 5) is 10.8. The zero-order valence-corrected chi connectivity index (χ0v) is 17.4. The maximum atomic E-state index is 13.7. The topological polar surface area (TPSA) is 62.5 Å². The smallest absolute Gasteiger partial charge is 0.542 e. The van der Waals surface area contributed by atoms with Crippen LogP contribution in [-0.4, -0.2) is 5.97 Å². The molecule has 9 heteroatoms. The first kappa shape index (κ1) is 22.4. The van der Waals surface area contributed by atoms with Gasteiger partial charge in [-0.25, -0.2) is 13.2 Å². The van der Waals surface area contributed by atoms with E-state index in [1.165, 1.54) is 24.3 Å².